The number of halogens is 5. The number of rotatable bonds is 2. The normalized spacial score (nSPS) is 19.4. The van der Waals surface area contributed by atoms with Crippen LogP contribution in [0.1, 0.15) is 12.0 Å². The zero-order valence-corrected chi connectivity index (χ0v) is 11.4. The number of alkyl halides is 5. The highest BCUT2D eigenvalue weighted by atomic mass is 19.4. The maximum Gasteiger partial charge on any atom is 0.416 e. The summed E-state index contributed by atoms with van der Waals surface area (Å²) in [5.74, 6) is -0.697. The van der Waals surface area contributed by atoms with Gasteiger partial charge in [-0.3, -0.25) is 4.98 Å². The molecule has 1 aromatic heterocycles. The second-order valence-electron chi connectivity index (χ2n) is 5.39. The van der Waals surface area contributed by atoms with Gasteiger partial charge in [0.25, 0.3) is 0 Å². The number of fused-ring (bicyclic) bond motifs is 1. The van der Waals surface area contributed by atoms with Crippen LogP contribution < -0.4 is 4.90 Å². The lowest BCUT2D eigenvalue weighted by Crippen LogP contribution is -2.22. The number of anilines is 1. The van der Waals surface area contributed by atoms with Crippen molar-refractivity contribution in [2.75, 3.05) is 18.0 Å². The fourth-order valence-corrected chi connectivity index (χ4v) is 2.80. The lowest BCUT2D eigenvalue weighted by Gasteiger charge is -2.20. The molecule has 22 heavy (non-hydrogen) atoms. The van der Waals surface area contributed by atoms with Crippen LogP contribution in [0.3, 0.4) is 0 Å². The minimum Gasteiger partial charge on any atom is -0.370 e. The lowest BCUT2D eigenvalue weighted by atomic mass is 10.1. The van der Waals surface area contributed by atoms with Crippen LogP contribution in [0.25, 0.3) is 10.9 Å². The van der Waals surface area contributed by atoms with Crippen LogP contribution >= 0.6 is 0 Å². The predicted octanol–water partition coefficient (Wildman–Crippen LogP) is 4.35. The number of pyridine rings is 1. The van der Waals surface area contributed by atoms with Gasteiger partial charge in [0.15, 0.2) is 0 Å². The summed E-state index contributed by atoms with van der Waals surface area (Å²) in [5, 5.41) is 0.547. The zero-order valence-electron chi connectivity index (χ0n) is 11.4. The van der Waals surface area contributed by atoms with Gasteiger partial charge in [-0.25, -0.2) is 8.78 Å². The van der Waals surface area contributed by atoms with Crippen molar-refractivity contribution in [1.82, 2.24) is 4.98 Å². The van der Waals surface area contributed by atoms with Crippen molar-refractivity contribution in [3.05, 3.63) is 36.0 Å². The van der Waals surface area contributed by atoms with Gasteiger partial charge >= 0.3 is 6.18 Å². The molecule has 1 unspecified atom stereocenters. The number of nitrogens with zero attached hydrogens (tertiary/aromatic N) is 2. The first-order chi connectivity index (χ1) is 10.4. The molecule has 0 amide bonds. The molecule has 1 atom stereocenters. The van der Waals surface area contributed by atoms with Gasteiger partial charge in [-0.15, -0.1) is 0 Å². The Morgan fingerprint density at radius 2 is 1.95 bits per heavy atom. The smallest absolute Gasteiger partial charge is 0.370 e. The van der Waals surface area contributed by atoms with E-state index in [1.165, 1.54) is 12.3 Å². The Labute approximate surface area is 123 Å². The van der Waals surface area contributed by atoms with Crippen LogP contribution in [-0.2, 0) is 6.18 Å². The van der Waals surface area contributed by atoms with Crippen molar-refractivity contribution in [1.29, 1.82) is 0 Å². The van der Waals surface area contributed by atoms with E-state index in [-0.39, 0.29) is 12.1 Å². The average molecular weight is 316 g/mol. The van der Waals surface area contributed by atoms with Gasteiger partial charge in [0.1, 0.15) is 0 Å². The van der Waals surface area contributed by atoms with Gasteiger partial charge in [0.05, 0.1) is 11.1 Å². The summed E-state index contributed by atoms with van der Waals surface area (Å²) in [4.78, 5) is 5.75. The van der Waals surface area contributed by atoms with Crippen LogP contribution in [0.2, 0.25) is 0 Å². The van der Waals surface area contributed by atoms with E-state index in [1.54, 1.807) is 11.0 Å². The molecule has 2 aromatic rings. The second kappa shape index (κ2) is 5.37. The number of hydrogen-bond acceptors (Lipinski definition) is 2. The third-order valence-corrected chi connectivity index (χ3v) is 3.97. The van der Waals surface area contributed by atoms with E-state index in [4.69, 9.17) is 0 Å². The fraction of sp³-hybridized carbons (Fsp3) is 0.400. The molecule has 0 radical (unpaired) electrons. The Balaban J connectivity index is 1.98. The quantitative estimate of drug-likeness (QED) is 0.766. The van der Waals surface area contributed by atoms with E-state index >= 15 is 0 Å². The van der Waals surface area contributed by atoms with E-state index in [2.05, 4.69) is 4.98 Å². The third-order valence-electron chi connectivity index (χ3n) is 3.97. The van der Waals surface area contributed by atoms with Crippen molar-refractivity contribution in [2.45, 2.75) is 19.0 Å². The standard InChI is InChI=1S/C15H13F5N2/c16-14(17)9-4-6-22(8-9)13-3-5-21-12-7-10(15(18,19)20)1-2-11(12)13/h1-3,5,7,9,14H,4,6,8H2. The van der Waals surface area contributed by atoms with Crippen molar-refractivity contribution in [3.8, 4) is 0 Å². The van der Waals surface area contributed by atoms with Gasteiger partial charge < -0.3 is 4.90 Å². The summed E-state index contributed by atoms with van der Waals surface area (Å²) in [5.41, 5.74) is 0.103. The maximum absolute atomic E-state index is 12.8. The highest BCUT2D eigenvalue weighted by molar-refractivity contribution is 5.92. The average Bonchev–Trinajstić information content (AvgIpc) is 2.95. The Hall–Kier alpha value is -1.92. The van der Waals surface area contributed by atoms with Crippen molar-refractivity contribution < 1.29 is 22.0 Å². The van der Waals surface area contributed by atoms with Crippen LogP contribution in [0.15, 0.2) is 30.5 Å². The molecule has 2 heterocycles. The highest BCUT2D eigenvalue weighted by Gasteiger charge is 2.32. The maximum atomic E-state index is 12.8. The molecule has 0 spiro atoms. The number of hydrogen-bond donors (Lipinski definition) is 0. The molecule has 0 bridgehead atoms. The summed E-state index contributed by atoms with van der Waals surface area (Å²) >= 11 is 0. The molecule has 1 fully saturated rings. The first-order valence-electron chi connectivity index (χ1n) is 6.85. The van der Waals surface area contributed by atoms with Crippen LogP contribution in [0.5, 0.6) is 0 Å². The number of benzene rings is 1. The van der Waals surface area contributed by atoms with E-state index < -0.39 is 24.1 Å². The highest BCUT2D eigenvalue weighted by Crippen LogP contribution is 2.35. The van der Waals surface area contributed by atoms with Crippen LogP contribution in [-0.4, -0.2) is 24.5 Å². The Kier molecular flexibility index (Phi) is 3.66. The van der Waals surface area contributed by atoms with Gasteiger partial charge in [0, 0.05) is 36.3 Å². The summed E-state index contributed by atoms with van der Waals surface area (Å²) in [6.45, 7) is 0.674. The van der Waals surface area contributed by atoms with E-state index in [0.717, 1.165) is 12.1 Å². The zero-order chi connectivity index (χ0) is 15.9. The Morgan fingerprint density at radius 3 is 2.59 bits per heavy atom. The van der Waals surface area contributed by atoms with E-state index in [1.807, 2.05) is 0 Å². The van der Waals surface area contributed by atoms with Gasteiger partial charge in [-0.2, -0.15) is 13.2 Å². The molecule has 1 aliphatic rings. The Bertz CT molecular complexity index is 683. The topological polar surface area (TPSA) is 16.1 Å². The van der Waals surface area contributed by atoms with Gasteiger partial charge in [0.2, 0.25) is 6.43 Å². The molecular weight excluding hydrogens is 303 g/mol. The van der Waals surface area contributed by atoms with Crippen LogP contribution in [0.4, 0.5) is 27.6 Å². The summed E-state index contributed by atoms with van der Waals surface area (Å²) in [7, 11) is 0. The molecule has 118 valence electrons. The molecule has 2 nitrogen and oxygen atoms in total. The molecule has 0 N–H and O–H groups in total. The predicted molar refractivity (Wildman–Crippen MR) is 73.1 cm³/mol. The molecule has 1 aromatic carbocycles. The monoisotopic (exact) mass is 316 g/mol. The van der Waals surface area contributed by atoms with E-state index in [0.29, 0.717) is 24.0 Å². The van der Waals surface area contributed by atoms with Gasteiger partial charge in [-0.1, -0.05) is 6.07 Å². The molecule has 0 saturated carbocycles. The molecule has 1 aliphatic heterocycles. The second-order valence-corrected chi connectivity index (χ2v) is 5.39. The Morgan fingerprint density at radius 1 is 1.18 bits per heavy atom. The first-order valence-corrected chi connectivity index (χ1v) is 6.85. The molecule has 3 rings (SSSR count). The summed E-state index contributed by atoms with van der Waals surface area (Å²) in [6.07, 6.45) is -5.02. The third kappa shape index (κ3) is 2.71. The van der Waals surface area contributed by atoms with Gasteiger partial charge in [-0.05, 0) is 24.6 Å². The van der Waals surface area contributed by atoms with Crippen molar-refractivity contribution in [3.63, 3.8) is 0 Å². The van der Waals surface area contributed by atoms with E-state index in [9.17, 15) is 22.0 Å². The first kappa shape index (κ1) is 15.0. The molecule has 1 saturated heterocycles. The largest absolute Gasteiger partial charge is 0.416 e. The minimum absolute atomic E-state index is 0.206. The molecular formula is C15H13F5N2. The van der Waals surface area contributed by atoms with Crippen molar-refractivity contribution >= 4 is 16.6 Å². The minimum atomic E-state index is -4.43. The molecule has 7 heteroatoms. The lowest BCUT2D eigenvalue weighted by molar-refractivity contribution is -0.137. The summed E-state index contributed by atoms with van der Waals surface area (Å²) < 4.78 is 63.7. The van der Waals surface area contributed by atoms with Crippen molar-refractivity contribution in [2.24, 2.45) is 5.92 Å². The van der Waals surface area contributed by atoms with Crippen LogP contribution in [0, 0.1) is 5.92 Å². The summed E-state index contributed by atoms with van der Waals surface area (Å²) in [6, 6.07) is 4.99. The SMILES string of the molecule is FC(F)C1CCN(c2ccnc3cc(C(F)(F)F)ccc23)C1. The molecule has 0 aliphatic carbocycles. The fourth-order valence-electron chi connectivity index (χ4n) is 2.80. The number of aromatic nitrogens is 1.